The molecule has 2 nitrogen and oxygen atoms in total. The lowest BCUT2D eigenvalue weighted by Gasteiger charge is -2.38. The van der Waals surface area contributed by atoms with Crippen LogP contribution in [0, 0.1) is 5.41 Å². The van der Waals surface area contributed by atoms with Crippen molar-refractivity contribution in [3.63, 3.8) is 0 Å². The zero-order valence-electron chi connectivity index (χ0n) is 19.1. The van der Waals surface area contributed by atoms with Gasteiger partial charge in [0.2, 0.25) is 0 Å². The van der Waals surface area contributed by atoms with Gasteiger partial charge in [-0.2, -0.15) is 0 Å². The van der Waals surface area contributed by atoms with Gasteiger partial charge >= 0.3 is 0 Å². The summed E-state index contributed by atoms with van der Waals surface area (Å²) in [5.41, 5.74) is 0.371. The summed E-state index contributed by atoms with van der Waals surface area (Å²) in [5.74, 6) is 0. The van der Waals surface area contributed by atoms with Crippen molar-refractivity contribution in [2.75, 3.05) is 33.4 Å². The van der Waals surface area contributed by atoms with E-state index in [1.54, 1.807) is 0 Å². The van der Waals surface area contributed by atoms with Crippen molar-refractivity contribution in [3.05, 3.63) is 0 Å². The molecule has 0 aromatic rings. The molecule has 0 spiro atoms. The predicted molar refractivity (Wildman–Crippen MR) is 118 cm³/mol. The van der Waals surface area contributed by atoms with Crippen LogP contribution in [0.25, 0.3) is 0 Å². The molecule has 0 bridgehead atoms. The Morgan fingerprint density at radius 3 is 1.42 bits per heavy atom. The first-order valence-electron chi connectivity index (χ1n) is 11.9. The van der Waals surface area contributed by atoms with Crippen molar-refractivity contribution in [3.8, 4) is 0 Å². The molecule has 158 valence electrons. The molecule has 2 heteroatoms. The lowest BCUT2D eigenvalue weighted by atomic mass is 9.77. The van der Waals surface area contributed by atoms with Crippen LogP contribution in [0.4, 0.5) is 0 Å². The Morgan fingerprint density at radius 2 is 1.04 bits per heavy atom. The second-order valence-corrected chi connectivity index (χ2v) is 8.43. The van der Waals surface area contributed by atoms with Crippen LogP contribution in [0.3, 0.4) is 0 Å². The number of ether oxygens (including phenoxy) is 1. The number of unbranched alkanes of at least 4 members (excludes halogenated alkanes) is 10. The Hall–Kier alpha value is -0.0800. The molecular formula is C24H51NO. The fourth-order valence-electron chi connectivity index (χ4n) is 4.26. The SMILES string of the molecule is CCCCCCCCC(CCCCCCCC)(COC)CN(CC)CC. The molecule has 0 rings (SSSR count). The molecule has 0 heterocycles. The van der Waals surface area contributed by atoms with Gasteiger partial charge in [0.25, 0.3) is 0 Å². The average molecular weight is 370 g/mol. The van der Waals surface area contributed by atoms with Crippen molar-refractivity contribution in [2.45, 2.75) is 118 Å². The zero-order valence-corrected chi connectivity index (χ0v) is 19.1. The summed E-state index contributed by atoms with van der Waals surface area (Å²) in [6, 6.07) is 0. The minimum atomic E-state index is 0.371. The van der Waals surface area contributed by atoms with E-state index in [2.05, 4.69) is 32.6 Å². The predicted octanol–water partition coefficient (Wildman–Crippen LogP) is 7.46. The number of methoxy groups -OCH3 is 1. The highest BCUT2D eigenvalue weighted by Crippen LogP contribution is 2.33. The van der Waals surface area contributed by atoms with Gasteiger partial charge in [0, 0.05) is 19.1 Å². The summed E-state index contributed by atoms with van der Waals surface area (Å²) in [7, 11) is 1.90. The number of nitrogens with zero attached hydrogens (tertiary/aromatic N) is 1. The Morgan fingerprint density at radius 1 is 0.615 bits per heavy atom. The van der Waals surface area contributed by atoms with Crippen LogP contribution in [0.5, 0.6) is 0 Å². The summed E-state index contributed by atoms with van der Waals surface area (Å²) in [6.45, 7) is 13.7. The topological polar surface area (TPSA) is 12.5 Å². The van der Waals surface area contributed by atoms with Gasteiger partial charge < -0.3 is 9.64 Å². The lowest BCUT2D eigenvalue weighted by molar-refractivity contribution is 0.0303. The van der Waals surface area contributed by atoms with Crippen LogP contribution in [0.2, 0.25) is 0 Å². The summed E-state index contributed by atoms with van der Waals surface area (Å²) >= 11 is 0. The van der Waals surface area contributed by atoms with Crippen molar-refractivity contribution in [1.29, 1.82) is 0 Å². The number of rotatable bonds is 20. The lowest BCUT2D eigenvalue weighted by Crippen LogP contribution is -2.41. The van der Waals surface area contributed by atoms with E-state index < -0.39 is 0 Å². The molecule has 0 radical (unpaired) electrons. The molecule has 0 aliphatic carbocycles. The van der Waals surface area contributed by atoms with Crippen LogP contribution >= 0.6 is 0 Å². The van der Waals surface area contributed by atoms with E-state index in [0.717, 1.165) is 19.7 Å². The minimum absolute atomic E-state index is 0.371. The molecule has 0 N–H and O–H groups in total. The highest BCUT2D eigenvalue weighted by atomic mass is 16.5. The standard InChI is InChI=1S/C24H51NO/c1-6-10-12-14-16-18-20-24(23-26-5,22-25(8-3)9-4)21-19-17-15-13-11-7-2/h6-23H2,1-5H3. The van der Waals surface area contributed by atoms with Gasteiger partial charge in [0.1, 0.15) is 0 Å². The minimum Gasteiger partial charge on any atom is -0.384 e. The van der Waals surface area contributed by atoms with E-state index in [1.807, 2.05) is 7.11 Å². The quantitative estimate of drug-likeness (QED) is 0.206. The Bertz CT molecular complexity index is 259. The molecule has 0 saturated heterocycles. The molecule has 0 aromatic heterocycles. The average Bonchev–Trinajstić information content (AvgIpc) is 2.65. The molecule has 0 fully saturated rings. The fraction of sp³-hybridized carbons (Fsp3) is 1.00. The molecule has 0 saturated carbocycles. The van der Waals surface area contributed by atoms with Gasteiger partial charge in [-0.1, -0.05) is 105 Å². The van der Waals surface area contributed by atoms with Crippen LogP contribution in [-0.4, -0.2) is 38.3 Å². The fourth-order valence-corrected chi connectivity index (χ4v) is 4.26. The largest absolute Gasteiger partial charge is 0.384 e. The zero-order chi connectivity index (χ0) is 19.5. The van der Waals surface area contributed by atoms with Crippen LogP contribution in [0.15, 0.2) is 0 Å². The number of hydrogen-bond acceptors (Lipinski definition) is 2. The Labute approximate surface area is 166 Å². The Balaban J connectivity index is 4.56. The molecule has 0 aliphatic heterocycles. The first-order chi connectivity index (χ1) is 12.7. The van der Waals surface area contributed by atoms with Crippen LogP contribution in [0.1, 0.15) is 118 Å². The van der Waals surface area contributed by atoms with Gasteiger partial charge in [-0.3, -0.25) is 0 Å². The maximum atomic E-state index is 5.76. The van der Waals surface area contributed by atoms with E-state index in [4.69, 9.17) is 4.74 Å². The first kappa shape index (κ1) is 25.9. The summed E-state index contributed by atoms with van der Waals surface area (Å²) in [5, 5.41) is 0. The number of hydrogen-bond donors (Lipinski definition) is 0. The molecule has 0 amide bonds. The maximum Gasteiger partial charge on any atom is 0.0530 e. The second kappa shape index (κ2) is 18.3. The van der Waals surface area contributed by atoms with E-state index in [1.165, 1.54) is 96.4 Å². The molecule has 0 unspecified atom stereocenters. The second-order valence-electron chi connectivity index (χ2n) is 8.43. The third-order valence-electron chi connectivity index (χ3n) is 6.03. The molecular weight excluding hydrogens is 318 g/mol. The highest BCUT2D eigenvalue weighted by Gasteiger charge is 2.31. The van der Waals surface area contributed by atoms with Crippen molar-refractivity contribution < 1.29 is 4.74 Å². The van der Waals surface area contributed by atoms with Crippen molar-refractivity contribution in [2.24, 2.45) is 5.41 Å². The first-order valence-corrected chi connectivity index (χ1v) is 11.9. The van der Waals surface area contributed by atoms with Gasteiger partial charge in [-0.05, 0) is 25.9 Å². The van der Waals surface area contributed by atoms with Crippen LogP contribution < -0.4 is 0 Å². The van der Waals surface area contributed by atoms with Gasteiger partial charge in [-0.15, -0.1) is 0 Å². The smallest absolute Gasteiger partial charge is 0.0530 e. The molecule has 0 aliphatic rings. The highest BCUT2D eigenvalue weighted by molar-refractivity contribution is 4.83. The third-order valence-corrected chi connectivity index (χ3v) is 6.03. The molecule has 0 aromatic carbocycles. The third kappa shape index (κ3) is 13.1. The van der Waals surface area contributed by atoms with Crippen molar-refractivity contribution >= 4 is 0 Å². The Kier molecular flexibility index (Phi) is 18.2. The van der Waals surface area contributed by atoms with Gasteiger partial charge in [0.05, 0.1) is 6.61 Å². The molecule has 26 heavy (non-hydrogen) atoms. The molecule has 0 atom stereocenters. The summed E-state index contributed by atoms with van der Waals surface area (Å²) < 4.78 is 5.76. The van der Waals surface area contributed by atoms with E-state index >= 15 is 0 Å². The van der Waals surface area contributed by atoms with Crippen molar-refractivity contribution in [1.82, 2.24) is 4.90 Å². The van der Waals surface area contributed by atoms with E-state index in [9.17, 15) is 0 Å². The normalized spacial score (nSPS) is 12.2. The summed E-state index contributed by atoms with van der Waals surface area (Å²) in [4.78, 5) is 2.62. The monoisotopic (exact) mass is 369 g/mol. The maximum absolute atomic E-state index is 5.76. The van der Waals surface area contributed by atoms with Crippen LogP contribution in [-0.2, 0) is 4.74 Å². The van der Waals surface area contributed by atoms with Gasteiger partial charge in [0.15, 0.2) is 0 Å². The summed E-state index contributed by atoms with van der Waals surface area (Å²) in [6.07, 6.45) is 19.4. The van der Waals surface area contributed by atoms with E-state index in [0.29, 0.717) is 5.41 Å². The van der Waals surface area contributed by atoms with E-state index in [-0.39, 0.29) is 0 Å². The van der Waals surface area contributed by atoms with Gasteiger partial charge in [-0.25, -0.2) is 0 Å².